The van der Waals surface area contributed by atoms with Crippen molar-refractivity contribution in [3.63, 3.8) is 0 Å². The molecule has 0 saturated heterocycles. The summed E-state index contributed by atoms with van der Waals surface area (Å²) in [5.74, 6) is 0. The SMILES string of the molecule is OOOOOOOOOOOOOOOOOOOOOOOOOOOOOOOOOOOOOOOOOOOOOOOOOOOOOOOOOOOOOOOOOOOOOOOOOOOOOOOOOOOOOOOOOOOOOOOOOOOOOOOOOOOOOOOOOOOOOOOOOOOOOOOOOOOOOOOOOOOOOOO. The predicted molar refractivity (Wildman–Crippen MR) is 158 cm³/mol. The van der Waals surface area contributed by atoms with E-state index in [0.29, 0.717) is 0 Å². The maximum absolute atomic E-state index is 7.59. The Kier molecular flexibility index (Phi) is 131. The maximum Gasteiger partial charge on any atom is 0 e. The molecule has 0 atom stereocenters. The monoisotopic (exact) mass is 2290 g/mol. The highest BCUT2D eigenvalue weighted by atomic mass is 18.1. The molecule has 143 heteroatoms. The molecule has 0 bridgehead atoms. The van der Waals surface area contributed by atoms with Crippen LogP contribution in [0.1, 0.15) is 0 Å². The van der Waals surface area contributed by atoms with E-state index in [9.17, 15) is 0 Å². The van der Waals surface area contributed by atoms with Crippen molar-refractivity contribution in [2.75, 3.05) is 0 Å². The number of hydrogen-bond donors (Lipinski definition) is 2. The molecule has 0 unspecified atom stereocenters. The zero-order chi connectivity index (χ0) is 102. The first-order valence-corrected chi connectivity index (χ1v) is 23.7. The molecule has 143 nitrogen and oxygen atoms in total. The van der Waals surface area contributed by atoms with Crippen LogP contribution in [0, 0.1) is 0 Å². The van der Waals surface area contributed by atoms with E-state index in [1.165, 1.54) is 0 Å². The van der Waals surface area contributed by atoms with Gasteiger partial charge in [0.05, 0.1) is 0 Å². The number of rotatable bonds is 140. The van der Waals surface area contributed by atoms with Gasteiger partial charge in [-0.1, -0.05) is 0 Å². The van der Waals surface area contributed by atoms with Gasteiger partial charge in [0.1, 0.15) is 0 Å². The zero-order valence-electron chi connectivity index (χ0n) is 58.5. The Morgan fingerprint density at radius 1 is 0.0350 bits per heavy atom. The molecule has 0 amide bonds. The van der Waals surface area contributed by atoms with Gasteiger partial charge in [0.25, 0.3) is 0 Å². The Balaban J connectivity index is 3.11. The highest BCUT2D eigenvalue weighted by Gasteiger charge is 2.14. The molecule has 0 saturated carbocycles. The first-order chi connectivity index (χ1) is 71.4. The Hall–Kier alpha value is -5.72. The second-order valence-electron chi connectivity index (χ2n) is 9.61. The van der Waals surface area contributed by atoms with Crippen LogP contribution in [0.25, 0.3) is 0 Å². The van der Waals surface area contributed by atoms with E-state index in [1.807, 2.05) is 0 Å². The van der Waals surface area contributed by atoms with Gasteiger partial charge in [-0.15, -0.1) is 0 Å². The third kappa shape index (κ3) is 136. The van der Waals surface area contributed by atoms with Crippen molar-refractivity contribution in [2.45, 2.75) is 0 Å². The van der Waals surface area contributed by atoms with Gasteiger partial charge in [-0.3, -0.25) is 0 Å². The second-order valence-corrected chi connectivity index (χ2v) is 9.61. The van der Waals surface area contributed by atoms with Crippen molar-refractivity contribution < 1.29 is 721 Å². The molecule has 0 aliphatic carbocycles. The molecular weight excluding hydrogens is 2290 g/mol. The average molecular weight is 2290 g/mol. The summed E-state index contributed by atoms with van der Waals surface area (Å²) in [6.45, 7) is 0. The molecule has 0 aliphatic rings. The van der Waals surface area contributed by atoms with Crippen LogP contribution < -0.4 is 0 Å². The van der Waals surface area contributed by atoms with E-state index in [0.717, 1.165) is 0 Å². The van der Waals surface area contributed by atoms with Crippen LogP contribution in [-0.2, 0) is 710 Å². The normalized spacial score (nSPS) is 11.9. The Morgan fingerprint density at radius 2 is 0.0559 bits per heavy atom. The molecule has 0 aromatic rings. The molecule has 2 N–H and O–H groups in total. The average Bonchev–Trinajstić information content (AvgIpc) is 1.11. The fraction of sp³-hybridized carbons (Fsp3) is 0. The summed E-state index contributed by atoms with van der Waals surface area (Å²) in [6, 6.07) is 0. The lowest BCUT2D eigenvalue weighted by atomic mass is 14.0. The first kappa shape index (κ1) is 137. The largest absolute Gasteiger partial charge is 0.219 e. The van der Waals surface area contributed by atoms with E-state index in [2.05, 4.69) is 710 Å². The Morgan fingerprint density at radius 3 is 0.0769 bits per heavy atom. The second kappa shape index (κ2) is 136. The van der Waals surface area contributed by atoms with E-state index in [-0.39, 0.29) is 0 Å². The lowest BCUT2D eigenvalue weighted by Crippen LogP contribution is -2.07. The molecule has 860 valence electrons. The molecule has 0 aliphatic heterocycles. The quantitative estimate of drug-likeness (QED) is 0.0324. The fourth-order valence-electron chi connectivity index (χ4n) is 1.58. The molecule has 0 heterocycles. The predicted octanol–water partition coefficient (Wildman–Crippen LogP) is -9.63. The van der Waals surface area contributed by atoms with Gasteiger partial charge >= 0.3 is 0 Å². The summed E-state index contributed by atoms with van der Waals surface area (Å²) < 4.78 is 0. The topological polar surface area (TPSA) is 1340 Å². The first-order valence-electron chi connectivity index (χ1n) is 23.7. The molecule has 0 aromatic heterocycles. The summed E-state index contributed by atoms with van der Waals surface area (Å²) >= 11 is 0. The van der Waals surface area contributed by atoms with Crippen molar-refractivity contribution in [1.82, 2.24) is 0 Å². The van der Waals surface area contributed by atoms with Crippen LogP contribution in [0.4, 0.5) is 0 Å². The van der Waals surface area contributed by atoms with E-state index in [4.69, 9.17) is 10.5 Å². The maximum atomic E-state index is 7.59. The molecule has 0 fully saturated rings. The Labute approximate surface area is 723 Å². The molecular formula is H2O143. The van der Waals surface area contributed by atoms with Crippen molar-refractivity contribution in [1.29, 1.82) is 0 Å². The van der Waals surface area contributed by atoms with Gasteiger partial charge < -0.3 is 0 Å². The van der Waals surface area contributed by atoms with E-state index in [1.54, 1.807) is 0 Å². The standard InChI is InChI=1S/H2O143/c1-3-5-7-9-11-13-15-17-19-21-23-25-27-29-31-33-35-37-39-41-43-45-47-49-51-53-55-57-59-61-63-65-67-69-71-73-75-77-79-81-83-85-87-89-91-93-95-97-99-101-103-105-107-109-111-113-115-117-119-121-123-125-127-129-131-133-135-137-139-141-143-142-140-138-136-134-132-130-128-126-124-122-120-118-116-114-112-110-108-106-104-102-100-98-96-94-92-90-88-86-84-82-80-78-76-74-72-70-68-66-64-62-60-58-56-54-52-50-48-46-44-42-40-38-36-34-32-30-28-26-24-22-20-18-16-14-12-10-8-6-4-2/h1-2H. The van der Waals surface area contributed by atoms with Crippen molar-refractivity contribution in [2.24, 2.45) is 0 Å². The van der Waals surface area contributed by atoms with Gasteiger partial charge in [0, 0.05) is 630 Å². The fourth-order valence-corrected chi connectivity index (χ4v) is 1.58. The van der Waals surface area contributed by atoms with Crippen molar-refractivity contribution in [3.8, 4) is 0 Å². The zero-order valence-corrected chi connectivity index (χ0v) is 58.5. The third-order valence-corrected chi connectivity index (χ3v) is 3.89. The van der Waals surface area contributed by atoms with Crippen LogP contribution in [0.2, 0.25) is 0 Å². The van der Waals surface area contributed by atoms with Crippen molar-refractivity contribution in [3.05, 3.63) is 0 Å². The lowest BCUT2D eigenvalue weighted by Gasteiger charge is -2.00. The highest BCUT2D eigenvalue weighted by Crippen LogP contribution is 2.07. The number of hydrogen-bond acceptors (Lipinski definition) is 143. The van der Waals surface area contributed by atoms with Gasteiger partial charge in [-0.05, 0) is 80.6 Å². The lowest BCUT2D eigenvalue weighted by molar-refractivity contribution is -0.914. The van der Waals surface area contributed by atoms with Crippen LogP contribution in [0.3, 0.4) is 0 Å². The molecule has 0 radical (unpaired) electrons. The highest BCUT2D eigenvalue weighted by molar-refractivity contribution is 3.22. The summed E-state index contributed by atoms with van der Waals surface area (Å²) in [7, 11) is 0. The van der Waals surface area contributed by atoms with E-state index < -0.39 is 0 Å². The minimum Gasteiger partial charge on any atom is -0.219 e. The minimum absolute atomic E-state index is 2.87. The third-order valence-electron chi connectivity index (χ3n) is 3.89. The van der Waals surface area contributed by atoms with Crippen LogP contribution in [-0.4, -0.2) is 10.5 Å². The summed E-state index contributed by atoms with van der Waals surface area (Å²) in [5.41, 5.74) is 0. The van der Waals surface area contributed by atoms with Crippen LogP contribution >= 0.6 is 0 Å². The van der Waals surface area contributed by atoms with Gasteiger partial charge in [0.15, 0.2) is 0 Å². The minimum atomic E-state index is 2.87. The molecule has 0 rings (SSSR count). The van der Waals surface area contributed by atoms with E-state index >= 15 is 0 Å². The molecule has 0 spiro atoms. The van der Waals surface area contributed by atoms with Gasteiger partial charge in [-0.25, -0.2) is 10.5 Å². The van der Waals surface area contributed by atoms with Crippen molar-refractivity contribution >= 4 is 0 Å². The molecule has 143 heavy (non-hydrogen) atoms. The Bertz CT molecular complexity index is 1680. The summed E-state index contributed by atoms with van der Waals surface area (Å²) in [6.07, 6.45) is 0. The van der Waals surface area contributed by atoms with Crippen LogP contribution in [0.15, 0.2) is 0 Å². The van der Waals surface area contributed by atoms with Crippen LogP contribution in [0.5, 0.6) is 0 Å². The van der Waals surface area contributed by atoms with Gasteiger partial charge in [0.2, 0.25) is 0 Å². The smallest absolute Gasteiger partial charge is 0 e. The summed E-state index contributed by atoms with van der Waals surface area (Å²) in [5, 5.41) is 505. The van der Waals surface area contributed by atoms with Gasteiger partial charge in [-0.2, -0.15) is 0 Å². The molecule has 0 aromatic carbocycles. The summed E-state index contributed by atoms with van der Waals surface area (Å²) in [4.78, 5) is 0.